The Morgan fingerprint density at radius 1 is 1.00 bits per heavy atom. The van der Waals surface area contributed by atoms with Crippen molar-refractivity contribution in [2.45, 2.75) is 69.1 Å². The van der Waals surface area contributed by atoms with Crippen LogP contribution in [0.5, 0.6) is 0 Å². The molecule has 1 nitrogen and oxygen atoms in total. The largest absolute Gasteiger partial charge is 0.316 e. The highest BCUT2D eigenvalue weighted by Gasteiger charge is 2.21. The molecular formula is C19H31NS. The molecule has 21 heavy (non-hydrogen) atoms. The molecule has 0 aliphatic carbocycles. The van der Waals surface area contributed by atoms with Crippen molar-refractivity contribution < 1.29 is 0 Å². The Morgan fingerprint density at radius 2 is 1.71 bits per heavy atom. The van der Waals surface area contributed by atoms with Gasteiger partial charge >= 0.3 is 0 Å². The molecule has 0 radical (unpaired) electrons. The van der Waals surface area contributed by atoms with Gasteiger partial charge in [-0.15, -0.1) is 11.8 Å². The van der Waals surface area contributed by atoms with Crippen molar-refractivity contribution in [1.29, 1.82) is 0 Å². The third-order valence-electron chi connectivity index (χ3n) is 4.40. The Balaban J connectivity index is 1.46. The molecule has 0 spiro atoms. The lowest BCUT2D eigenvalue weighted by atomic mass is 10.0. The summed E-state index contributed by atoms with van der Waals surface area (Å²) in [6.07, 6.45) is 11.3. The van der Waals surface area contributed by atoms with E-state index in [1.54, 1.807) is 5.56 Å². The van der Waals surface area contributed by atoms with E-state index >= 15 is 0 Å². The first-order valence-electron chi connectivity index (χ1n) is 8.84. The van der Waals surface area contributed by atoms with Gasteiger partial charge in [0.25, 0.3) is 0 Å². The summed E-state index contributed by atoms with van der Waals surface area (Å²) in [7, 11) is 0. The predicted octanol–water partition coefficient (Wildman–Crippen LogP) is 5.61. The van der Waals surface area contributed by atoms with Gasteiger partial charge in [0.15, 0.2) is 0 Å². The van der Waals surface area contributed by atoms with Crippen LogP contribution in [-0.2, 0) is 0 Å². The van der Waals surface area contributed by atoms with Gasteiger partial charge in [-0.3, -0.25) is 0 Å². The first-order valence-corrected chi connectivity index (χ1v) is 9.83. The van der Waals surface area contributed by atoms with E-state index in [1.807, 2.05) is 11.8 Å². The Labute approximate surface area is 135 Å². The average Bonchev–Trinajstić information content (AvgIpc) is 2.92. The van der Waals surface area contributed by atoms with E-state index in [9.17, 15) is 0 Å². The lowest BCUT2D eigenvalue weighted by Crippen LogP contribution is -2.22. The molecule has 1 aromatic carbocycles. The van der Waals surface area contributed by atoms with Crippen LogP contribution in [0.1, 0.15) is 69.8 Å². The van der Waals surface area contributed by atoms with Gasteiger partial charge in [0.2, 0.25) is 0 Å². The third-order valence-corrected chi connectivity index (χ3v) is 5.65. The number of thioether (sulfide) groups is 1. The molecule has 118 valence electrons. The standard InChI is InChI=1S/C19H31NS/c1-2-3-4-5-6-7-8-11-14-20-15-17-16-21-19-13-10-9-12-18(17)19/h9-10,12-13,17,20H,2-8,11,14-16H2,1H3. The second kappa shape index (κ2) is 10.3. The molecule has 0 bridgehead atoms. The molecule has 0 saturated heterocycles. The number of nitrogens with one attached hydrogen (secondary N) is 1. The number of hydrogen-bond donors (Lipinski definition) is 1. The van der Waals surface area contributed by atoms with Crippen LogP contribution in [0.4, 0.5) is 0 Å². The van der Waals surface area contributed by atoms with Gasteiger partial charge in [0, 0.05) is 23.1 Å². The number of fused-ring (bicyclic) bond motifs is 1. The van der Waals surface area contributed by atoms with Gasteiger partial charge in [0.05, 0.1) is 0 Å². The molecule has 2 rings (SSSR count). The lowest BCUT2D eigenvalue weighted by Gasteiger charge is -2.12. The Morgan fingerprint density at radius 3 is 2.52 bits per heavy atom. The molecule has 1 aliphatic rings. The Hall–Kier alpha value is -0.470. The van der Waals surface area contributed by atoms with Crippen LogP contribution in [0.2, 0.25) is 0 Å². The van der Waals surface area contributed by atoms with Crippen molar-refractivity contribution in [1.82, 2.24) is 5.32 Å². The molecular weight excluding hydrogens is 274 g/mol. The molecule has 2 heteroatoms. The summed E-state index contributed by atoms with van der Waals surface area (Å²) in [5, 5.41) is 3.67. The van der Waals surface area contributed by atoms with E-state index in [4.69, 9.17) is 0 Å². The van der Waals surface area contributed by atoms with Gasteiger partial charge in [0.1, 0.15) is 0 Å². The van der Waals surface area contributed by atoms with Crippen molar-refractivity contribution in [2.24, 2.45) is 0 Å². The fourth-order valence-corrected chi connectivity index (χ4v) is 4.31. The third kappa shape index (κ3) is 6.04. The predicted molar refractivity (Wildman–Crippen MR) is 95.4 cm³/mol. The quantitative estimate of drug-likeness (QED) is 0.534. The maximum Gasteiger partial charge on any atom is 0.0108 e. The van der Waals surface area contributed by atoms with Crippen LogP contribution in [0, 0.1) is 0 Å². The van der Waals surface area contributed by atoms with Crippen molar-refractivity contribution in [3.05, 3.63) is 29.8 Å². The SMILES string of the molecule is CCCCCCCCCCNCC1CSc2ccccc21. The summed E-state index contributed by atoms with van der Waals surface area (Å²) < 4.78 is 0. The summed E-state index contributed by atoms with van der Waals surface area (Å²) in [6.45, 7) is 4.63. The van der Waals surface area contributed by atoms with E-state index < -0.39 is 0 Å². The van der Waals surface area contributed by atoms with E-state index in [-0.39, 0.29) is 0 Å². The van der Waals surface area contributed by atoms with Crippen LogP contribution in [0.25, 0.3) is 0 Å². The first-order chi connectivity index (χ1) is 10.4. The maximum atomic E-state index is 3.67. The minimum Gasteiger partial charge on any atom is -0.316 e. The number of hydrogen-bond acceptors (Lipinski definition) is 2. The molecule has 1 heterocycles. The van der Waals surface area contributed by atoms with Gasteiger partial charge in [-0.2, -0.15) is 0 Å². The van der Waals surface area contributed by atoms with E-state index in [1.165, 1.54) is 68.6 Å². The van der Waals surface area contributed by atoms with Gasteiger partial charge in [-0.05, 0) is 24.6 Å². The van der Waals surface area contributed by atoms with Gasteiger partial charge in [-0.1, -0.05) is 70.1 Å². The molecule has 1 N–H and O–H groups in total. The molecule has 1 aromatic rings. The second-order valence-electron chi connectivity index (χ2n) is 6.22. The molecule has 1 unspecified atom stereocenters. The van der Waals surface area contributed by atoms with Crippen LogP contribution >= 0.6 is 11.8 Å². The van der Waals surface area contributed by atoms with E-state index in [2.05, 4.69) is 36.5 Å². The molecule has 0 saturated carbocycles. The lowest BCUT2D eigenvalue weighted by molar-refractivity contribution is 0.545. The van der Waals surface area contributed by atoms with Crippen LogP contribution < -0.4 is 5.32 Å². The molecule has 1 atom stereocenters. The highest BCUT2D eigenvalue weighted by atomic mass is 32.2. The van der Waals surface area contributed by atoms with Crippen molar-refractivity contribution in [3.63, 3.8) is 0 Å². The minimum absolute atomic E-state index is 0.722. The van der Waals surface area contributed by atoms with Crippen LogP contribution in [0.3, 0.4) is 0 Å². The average molecular weight is 306 g/mol. The van der Waals surface area contributed by atoms with Crippen molar-refractivity contribution >= 4 is 11.8 Å². The van der Waals surface area contributed by atoms with E-state index in [0.717, 1.165) is 12.5 Å². The Bertz CT molecular complexity index is 391. The number of rotatable bonds is 11. The van der Waals surface area contributed by atoms with Crippen molar-refractivity contribution in [3.8, 4) is 0 Å². The zero-order valence-electron chi connectivity index (χ0n) is 13.6. The summed E-state index contributed by atoms with van der Waals surface area (Å²) >= 11 is 2.02. The highest BCUT2D eigenvalue weighted by Crippen LogP contribution is 2.38. The summed E-state index contributed by atoms with van der Waals surface area (Å²) in [5.41, 5.74) is 1.56. The van der Waals surface area contributed by atoms with Gasteiger partial charge in [-0.25, -0.2) is 0 Å². The van der Waals surface area contributed by atoms with Crippen molar-refractivity contribution in [2.75, 3.05) is 18.8 Å². The summed E-state index contributed by atoms with van der Waals surface area (Å²) in [4.78, 5) is 1.50. The molecule has 1 aliphatic heterocycles. The van der Waals surface area contributed by atoms with Crippen LogP contribution in [-0.4, -0.2) is 18.8 Å². The number of unbranched alkanes of at least 4 members (excludes halogenated alkanes) is 7. The Kier molecular flexibility index (Phi) is 8.28. The maximum absolute atomic E-state index is 3.67. The first kappa shape index (κ1) is 16.9. The minimum atomic E-state index is 0.722. The normalized spacial score (nSPS) is 17.1. The zero-order valence-corrected chi connectivity index (χ0v) is 14.4. The summed E-state index contributed by atoms with van der Waals surface area (Å²) in [6, 6.07) is 8.90. The number of benzene rings is 1. The monoisotopic (exact) mass is 305 g/mol. The highest BCUT2D eigenvalue weighted by molar-refractivity contribution is 7.99. The molecule has 0 fully saturated rings. The fourth-order valence-electron chi connectivity index (χ4n) is 3.06. The van der Waals surface area contributed by atoms with Gasteiger partial charge < -0.3 is 5.32 Å². The zero-order chi connectivity index (χ0) is 14.8. The molecule has 0 aromatic heterocycles. The fraction of sp³-hybridized carbons (Fsp3) is 0.684. The molecule has 0 amide bonds. The smallest absolute Gasteiger partial charge is 0.0108 e. The second-order valence-corrected chi connectivity index (χ2v) is 7.29. The van der Waals surface area contributed by atoms with E-state index in [0.29, 0.717) is 0 Å². The van der Waals surface area contributed by atoms with Crippen LogP contribution in [0.15, 0.2) is 29.2 Å². The summed E-state index contributed by atoms with van der Waals surface area (Å²) in [5.74, 6) is 1.98. The topological polar surface area (TPSA) is 12.0 Å².